The molecule has 2 aliphatic rings. The molecule has 0 aromatic heterocycles. The van der Waals surface area contributed by atoms with Crippen molar-refractivity contribution in [2.45, 2.75) is 63.6 Å². The lowest BCUT2D eigenvalue weighted by molar-refractivity contribution is 0.155. The molecule has 1 aliphatic carbocycles. The minimum atomic E-state index is 0. The molecule has 32 heavy (non-hydrogen) atoms. The van der Waals surface area contributed by atoms with Crippen LogP contribution in [-0.2, 0) is 11.3 Å². The molecule has 1 aliphatic heterocycles. The molecule has 0 unspecified atom stereocenters. The fourth-order valence-corrected chi connectivity index (χ4v) is 4.40. The molecule has 1 saturated heterocycles. The number of aliphatic imine (C=N–C) groups is 1. The summed E-state index contributed by atoms with van der Waals surface area (Å²) in [5, 5.41) is 7.08. The van der Waals surface area contributed by atoms with Crippen LogP contribution < -0.4 is 20.1 Å². The number of piperidine rings is 1. The van der Waals surface area contributed by atoms with Gasteiger partial charge in [-0.25, -0.2) is 0 Å². The number of halogens is 1. The van der Waals surface area contributed by atoms with Crippen LogP contribution in [0.3, 0.4) is 0 Å². The molecule has 0 radical (unpaired) electrons. The van der Waals surface area contributed by atoms with Gasteiger partial charge in [0.05, 0.1) is 13.2 Å². The predicted octanol–water partition coefficient (Wildman–Crippen LogP) is 3.80. The van der Waals surface area contributed by atoms with E-state index in [0.29, 0.717) is 18.7 Å². The second-order valence-corrected chi connectivity index (χ2v) is 8.53. The molecule has 0 amide bonds. The Labute approximate surface area is 210 Å². The smallest absolute Gasteiger partial charge is 0.191 e. The maximum Gasteiger partial charge on any atom is 0.191 e. The van der Waals surface area contributed by atoms with Gasteiger partial charge in [-0.1, -0.05) is 0 Å². The van der Waals surface area contributed by atoms with Crippen LogP contribution >= 0.6 is 24.0 Å². The lowest BCUT2D eigenvalue weighted by Gasteiger charge is -2.33. The number of benzene rings is 1. The molecule has 0 atom stereocenters. The Morgan fingerprint density at radius 3 is 2.53 bits per heavy atom. The zero-order chi connectivity index (χ0) is 21.9. The van der Waals surface area contributed by atoms with Gasteiger partial charge in [0.15, 0.2) is 5.96 Å². The van der Waals surface area contributed by atoms with Gasteiger partial charge < -0.3 is 29.7 Å². The molecule has 8 heteroatoms. The SMILES string of the molecule is CN=C(NCc1ccc(OC)cc1OC1CCCC1)NC1CCN(CCCOC)CC1.I. The Bertz CT molecular complexity index is 690. The number of likely N-dealkylation sites (tertiary alicyclic amines) is 1. The van der Waals surface area contributed by atoms with Crippen LogP contribution in [-0.4, -0.2) is 70.5 Å². The van der Waals surface area contributed by atoms with Crippen LogP contribution in [0.25, 0.3) is 0 Å². The van der Waals surface area contributed by atoms with E-state index in [4.69, 9.17) is 14.2 Å². The van der Waals surface area contributed by atoms with E-state index in [1.54, 1.807) is 14.2 Å². The molecule has 0 bridgehead atoms. The van der Waals surface area contributed by atoms with Crippen molar-refractivity contribution < 1.29 is 14.2 Å². The minimum Gasteiger partial charge on any atom is -0.497 e. The number of nitrogens with one attached hydrogen (secondary N) is 2. The van der Waals surface area contributed by atoms with Crippen LogP contribution in [0.2, 0.25) is 0 Å². The number of hydrogen-bond donors (Lipinski definition) is 2. The highest BCUT2D eigenvalue weighted by Gasteiger charge is 2.21. The predicted molar refractivity (Wildman–Crippen MR) is 141 cm³/mol. The van der Waals surface area contributed by atoms with Crippen molar-refractivity contribution in [3.8, 4) is 11.5 Å². The van der Waals surface area contributed by atoms with Gasteiger partial charge in [-0.15, -0.1) is 24.0 Å². The summed E-state index contributed by atoms with van der Waals surface area (Å²) in [6.07, 6.45) is 8.46. The summed E-state index contributed by atoms with van der Waals surface area (Å²) in [5.41, 5.74) is 1.13. The molecule has 1 aromatic carbocycles. The number of guanidine groups is 1. The van der Waals surface area contributed by atoms with Gasteiger partial charge in [0.25, 0.3) is 0 Å². The summed E-state index contributed by atoms with van der Waals surface area (Å²) in [6, 6.07) is 6.54. The van der Waals surface area contributed by atoms with E-state index < -0.39 is 0 Å². The van der Waals surface area contributed by atoms with E-state index in [-0.39, 0.29) is 24.0 Å². The van der Waals surface area contributed by atoms with E-state index in [1.807, 2.05) is 19.2 Å². The molecule has 2 fully saturated rings. The molecular weight excluding hydrogens is 519 g/mol. The first-order valence-corrected chi connectivity index (χ1v) is 11.7. The second-order valence-electron chi connectivity index (χ2n) is 8.53. The third-order valence-electron chi connectivity index (χ3n) is 6.29. The molecular formula is C24H41IN4O3. The fourth-order valence-electron chi connectivity index (χ4n) is 4.40. The van der Waals surface area contributed by atoms with Gasteiger partial charge in [-0.2, -0.15) is 0 Å². The van der Waals surface area contributed by atoms with Crippen molar-refractivity contribution in [1.29, 1.82) is 0 Å². The first-order valence-electron chi connectivity index (χ1n) is 11.7. The van der Waals surface area contributed by atoms with Crippen LogP contribution in [0.4, 0.5) is 0 Å². The van der Waals surface area contributed by atoms with Crippen molar-refractivity contribution in [3.05, 3.63) is 23.8 Å². The fraction of sp³-hybridized carbons (Fsp3) is 0.708. The van der Waals surface area contributed by atoms with Crippen molar-refractivity contribution in [2.24, 2.45) is 4.99 Å². The number of methoxy groups -OCH3 is 2. The average Bonchev–Trinajstić information content (AvgIpc) is 3.31. The molecule has 7 nitrogen and oxygen atoms in total. The van der Waals surface area contributed by atoms with Crippen molar-refractivity contribution in [2.75, 3.05) is 47.5 Å². The Hall–Kier alpha value is -1.26. The summed E-state index contributed by atoms with van der Waals surface area (Å²) < 4.78 is 16.9. The van der Waals surface area contributed by atoms with Crippen LogP contribution in [0.5, 0.6) is 11.5 Å². The van der Waals surface area contributed by atoms with Crippen LogP contribution in [0, 0.1) is 0 Å². The minimum absolute atomic E-state index is 0. The van der Waals surface area contributed by atoms with Gasteiger partial charge in [0.1, 0.15) is 11.5 Å². The van der Waals surface area contributed by atoms with Gasteiger partial charge in [0.2, 0.25) is 0 Å². The molecule has 2 N–H and O–H groups in total. The lowest BCUT2D eigenvalue weighted by atomic mass is 10.1. The summed E-state index contributed by atoms with van der Waals surface area (Å²) in [4.78, 5) is 6.97. The quantitative estimate of drug-likeness (QED) is 0.197. The summed E-state index contributed by atoms with van der Waals surface area (Å²) in [6.45, 7) is 4.87. The number of hydrogen-bond acceptors (Lipinski definition) is 5. The molecule has 1 saturated carbocycles. The van der Waals surface area contributed by atoms with Crippen molar-refractivity contribution >= 4 is 29.9 Å². The van der Waals surface area contributed by atoms with E-state index in [0.717, 1.165) is 81.4 Å². The van der Waals surface area contributed by atoms with E-state index in [1.165, 1.54) is 12.8 Å². The van der Waals surface area contributed by atoms with Crippen LogP contribution in [0.15, 0.2) is 23.2 Å². The van der Waals surface area contributed by atoms with Gasteiger partial charge >= 0.3 is 0 Å². The Balaban J connectivity index is 0.00000363. The standard InChI is InChI=1S/C24H40N4O3.HI/c1-25-24(27-20-11-14-28(15-12-20)13-6-16-29-2)26-18-19-9-10-22(30-3)17-23(19)31-21-7-4-5-8-21;/h9-10,17,20-21H,4-8,11-16,18H2,1-3H3,(H2,25,26,27);1H. The van der Waals surface area contributed by atoms with Crippen molar-refractivity contribution in [1.82, 2.24) is 15.5 Å². The van der Waals surface area contributed by atoms with Gasteiger partial charge in [-0.05, 0) is 57.1 Å². The Kier molecular flexibility index (Phi) is 12.5. The first kappa shape index (κ1) is 27.0. The number of ether oxygens (including phenoxy) is 3. The molecule has 1 heterocycles. The summed E-state index contributed by atoms with van der Waals surface area (Å²) >= 11 is 0. The van der Waals surface area contributed by atoms with Gasteiger partial charge in [0, 0.05) is 64.6 Å². The van der Waals surface area contributed by atoms with E-state index in [9.17, 15) is 0 Å². The van der Waals surface area contributed by atoms with Crippen molar-refractivity contribution in [3.63, 3.8) is 0 Å². The summed E-state index contributed by atoms with van der Waals surface area (Å²) in [7, 11) is 5.30. The zero-order valence-electron chi connectivity index (χ0n) is 19.9. The Morgan fingerprint density at radius 1 is 1.12 bits per heavy atom. The van der Waals surface area contributed by atoms with E-state index in [2.05, 4.69) is 26.6 Å². The van der Waals surface area contributed by atoms with Gasteiger partial charge in [-0.3, -0.25) is 4.99 Å². The highest BCUT2D eigenvalue weighted by Crippen LogP contribution is 2.30. The maximum atomic E-state index is 6.32. The topological polar surface area (TPSA) is 67.4 Å². The lowest BCUT2D eigenvalue weighted by Crippen LogP contribution is -2.48. The highest BCUT2D eigenvalue weighted by molar-refractivity contribution is 14.0. The summed E-state index contributed by atoms with van der Waals surface area (Å²) in [5.74, 6) is 2.59. The molecule has 182 valence electrons. The number of nitrogens with zero attached hydrogens (tertiary/aromatic N) is 2. The monoisotopic (exact) mass is 560 g/mol. The Morgan fingerprint density at radius 2 is 1.88 bits per heavy atom. The highest BCUT2D eigenvalue weighted by atomic mass is 127. The maximum absolute atomic E-state index is 6.32. The molecule has 1 aromatic rings. The number of rotatable bonds is 10. The average molecular weight is 561 g/mol. The zero-order valence-corrected chi connectivity index (χ0v) is 22.2. The third kappa shape index (κ3) is 8.59. The molecule has 3 rings (SSSR count). The third-order valence-corrected chi connectivity index (χ3v) is 6.29. The second kappa shape index (κ2) is 14.8. The first-order chi connectivity index (χ1) is 15.2. The van der Waals surface area contributed by atoms with Crippen LogP contribution in [0.1, 0.15) is 50.5 Å². The largest absolute Gasteiger partial charge is 0.497 e. The normalized spacial score (nSPS) is 18.3. The molecule has 0 spiro atoms. The van der Waals surface area contributed by atoms with E-state index >= 15 is 0 Å².